The quantitative estimate of drug-likeness (QED) is 0.171. The standard InChI is InChI=1S/C29H24BrClN4O4S/c1-20(21-7-6-10-25(18-21)32-29(37)22-8-5-9-24(31)17-22)33-34-28(36)19-35(26-15-13-23(30)14-16-26)40(38,39)27-11-3-2-4-12-27/h2-18H,19H2,1H3,(H,32,37)(H,34,36)/b33-20-. The van der Waals surface area contributed by atoms with Crippen LogP contribution in [0.4, 0.5) is 11.4 Å². The Morgan fingerprint density at radius 1 is 0.875 bits per heavy atom. The molecule has 0 atom stereocenters. The molecule has 0 aliphatic rings. The Kier molecular flexibility index (Phi) is 9.36. The number of nitrogens with zero attached hydrogens (tertiary/aromatic N) is 2. The summed E-state index contributed by atoms with van der Waals surface area (Å²) in [4.78, 5) is 25.5. The van der Waals surface area contributed by atoms with E-state index in [2.05, 4.69) is 31.8 Å². The number of rotatable bonds is 9. The van der Waals surface area contributed by atoms with Crippen LogP contribution in [0.25, 0.3) is 0 Å². The van der Waals surface area contributed by atoms with Crippen LogP contribution in [0.5, 0.6) is 0 Å². The Labute approximate surface area is 245 Å². The first-order valence-corrected chi connectivity index (χ1v) is 14.6. The van der Waals surface area contributed by atoms with Gasteiger partial charge in [0.1, 0.15) is 6.54 Å². The van der Waals surface area contributed by atoms with Crippen LogP contribution in [0.2, 0.25) is 5.02 Å². The summed E-state index contributed by atoms with van der Waals surface area (Å²) in [5.74, 6) is -0.956. The van der Waals surface area contributed by atoms with Crippen molar-refractivity contribution in [3.8, 4) is 0 Å². The maximum Gasteiger partial charge on any atom is 0.264 e. The van der Waals surface area contributed by atoms with E-state index in [0.29, 0.717) is 33.2 Å². The first kappa shape index (κ1) is 29.0. The second kappa shape index (κ2) is 12.9. The highest BCUT2D eigenvalue weighted by molar-refractivity contribution is 9.10. The third-order valence-corrected chi connectivity index (χ3v) is 8.26. The zero-order valence-electron chi connectivity index (χ0n) is 21.2. The van der Waals surface area contributed by atoms with E-state index >= 15 is 0 Å². The molecule has 11 heteroatoms. The number of benzene rings is 4. The number of carbonyl (C=O) groups is 2. The van der Waals surface area contributed by atoms with E-state index in [-0.39, 0.29) is 10.8 Å². The highest BCUT2D eigenvalue weighted by Gasteiger charge is 2.27. The second-order valence-corrected chi connectivity index (χ2v) is 11.8. The van der Waals surface area contributed by atoms with E-state index in [1.54, 1.807) is 97.9 Å². The minimum Gasteiger partial charge on any atom is -0.322 e. The Bertz CT molecular complexity index is 1660. The van der Waals surface area contributed by atoms with Crippen molar-refractivity contribution in [1.82, 2.24) is 5.43 Å². The lowest BCUT2D eigenvalue weighted by Gasteiger charge is -2.23. The summed E-state index contributed by atoms with van der Waals surface area (Å²) in [7, 11) is -4.04. The topological polar surface area (TPSA) is 108 Å². The molecule has 40 heavy (non-hydrogen) atoms. The van der Waals surface area contributed by atoms with E-state index < -0.39 is 22.5 Å². The number of amides is 2. The van der Waals surface area contributed by atoms with Gasteiger partial charge in [0.2, 0.25) is 0 Å². The summed E-state index contributed by atoms with van der Waals surface area (Å²) in [6.07, 6.45) is 0. The molecule has 2 N–H and O–H groups in total. The zero-order valence-corrected chi connectivity index (χ0v) is 24.4. The number of hydrazone groups is 1. The minimum atomic E-state index is -4.04. The van der Waals surface area contributed by atoms with Gasteiger partial charge in [0.15, 0.2) is 0 Å². The average Bonchev–Trinajstić information content (AvgIpc) is 2.95. The Morgan fingerprint density at radius 2 is 1.55 bits per heavy atom. The summed E-state index contributed by atoms with van der Waals surface area (Å²) in [6, 6.07) is 28.0. The van der Waals surface area contributed by atoms with Crippen LogP contribution in [-0.4, -0.2) is 32.5 Å². The SMILES string of the molecule is C/C(=N/NC(=O)CN(c1ccc(Br)cc1)S(=O)(=O)c1ccccc1)c1cccc(NC(=O)c2cccc(Cl)c2)c1. The molecule has 0 spiro atoms. The van der Waals surface area contributed by atoms with Crippen molar-refractivity contribution in [3.63, 3.8) is 0 Å². The fourth-order valence-corrected chi connectivity index (χ4v) is 5.57. The minimum absolute atomic E-state index is 0.0574. The number of carbonyl (C=O) groups excluding carboxylic acids is 2. The molecule has 8 nitrogen and oxygen atoms in total. The highest BCUT2D eigenvalue weighted by Crippen LogP contribution is 2.25. The lowest BCUT2D eigenvalue weighted by atomic mass is 10.1. The maximum atomic E-state index is 13.4. The number of halogens is 2. The Morgan fingerprint density at radius 3 is 2.25 bits per heavy atom. The Hall–Kier alpha value is -3.99. The van der Waals surface area contributed by atoms with Crippen LogP contribution in [0.3, 0.4) is 0 Å². The molecule has 2 amide bonds. The molecule has 4 rings (SSSR count). The van der Waals surface area contributed by atoms with Crippen molar-refractivity contribution >= 4 is 66.5 Å². The zero-order chi connectivity index (χ0) is 28.7. The van der Waals surface area contributed by atoms with Crippen molar-refractivity contribution in [2.75, 3.05) is 16.2 Å². The summed E-state index contributed by atoms with van der Waals surface area (Å²) >= 11 is 9.32. The molecule has 0 aliphatic carbocycles. The molecule has 4 aromatic rings. The molecule has 0 fully saturated rings. The molecule has 4 aromatic carbocycles. The van der Waals surface area contributed by atoms with Crippen molar-refractivity contribution in [2.24, 2.45) is 5.10 Å². The van der Waals surface area contributed by atoms with Gasteiger partial charge in [-0.25, -0.2) is 13.8 Å². The molecule has 0 radical (unpaired) electrons. The van der Waals surface area contributed by atoms with E-state index in [1.807, 2.05) is 0 Å². The second-order valence-electron chi connectivity index (χ2n) is 8.58. The molecule has 0 unspecified atom stereocenters. The molecule has 0 bridgehead atoms. The fourth-order valence-electron chi connectivity index (χ4n) is 3.67. The fraction of sp³-hybridized carbons (Fsp3) is 0.0690. The number of anilines is 2. The summed E-state index contributed by atoms with van der Waals surface area (Å²) in [6.45, 7) is 1.19. The average molecular weight is 640 g/mol. The molecule has 0 heterocycles. The van der Waals surface area contributed by atoms with Gasteiger partial charge in [-0.2, -0.15) is 5.10 Å². The summed E-state index contributed by atoms with van der Waals surface area (Å²) < 4.78 is 28.6. The van der Waals surface area contributed by atoms with Gasteiger partial charge in [-0.05, 0) is 79.2 Å². The lowest BCUT2D eigenvalue weighted by Crippen LogP contribution is -2.39. The monoisotopic (exact) mass is 638 g/mol. The molecule has 204 valence electrons. The van der Waals surface area contributed by atoms with Crippen LogP contribution in [0, 0.1) is 0 Å². The lowest BCUT2D eigenvalue weighted by molar-refractivity contribution is -0.119. The van der Waals surface area contributed by atoms with Gasteiger partial charge >= 0.3 is 0 Å². The van der Waals surface area contributed by atoms with Gasteiger partial charge in [-0.1, -0.05) is 63.9 Å². The first-order valence-electron chi connectivity index (χ1n) is 12.0. The van der Waals surface area contributed by atoms with Crippen LogP contribution < -0.4 is 15.0 Å². The largest absolute Gasteiger partial charge is 0.322 e. The van der Waals surface area contributed by atoms with E-state index in [4.69, 9.17) is 11.6 Å². The van der Waals surface area contributed by atoms with E-state index in [1.165, 1.54) is 12.1 Å². The highest BCUT2D eigenvalue weighted by atomic mass is 79.9. The molecule has 0 aromatic heterocycles. The number of nitrogens with one attached hydrogen (secondary N) is 2. The number of hydrogen-bond donors (Lipinski definition) is 2. The molecular weight excluding hydrogens is 616 g/mol. The first-order chi connectivity index (χ1) is 19.1. The molecule has 0 aliphatic heterocycles. The summed E-state index contributed by atoms with van der Waals surface area (Å²) in [5.41, 5.74) is 4.80. The molecule has 0 saturated heterocycles. The van der Waals surface area contributed by atoms with Gasteiger partial charge in [0, 0.05) is 20.7 Å². The third-order valence-electron chi connectivity index (χ3n) is 5.71. The molecular formula is C29H24BrClN4O4S. The van der Waals surface area contributed by atoms with Crippen molar-refractivity contribution in [1.29, 1.82) is 0 Å². The predicted octanol–water partition coefficient (Wildman–Crippen LogP) is 6.09. The van der Waals surface area contributed by atoms with Gasteiger partial charge < -0.3 is 5.32 Å². The van der Waals surface area contributed by atoms with Crippen LogP contribution >= 0.6 is 27.5 Å². The van der Waals surface area contributed by atoms with Crippen molar-refractivity contribution < 1.29 is 18.0 Å². The third kappa shape index (κ3) is 7.35. The normalized spacial score (nSPS) is 11.5. The maximum absolute atomic E-state index is 13.4. The van der Waals surface area contributed by atoms with Crippen LogP contribution in [0.1, 0.15) is 22.8 Å². The molecule has 0 saturated carbocycles. The Balaban J connectivity index is 1.49. The van der Waals surface area contributed by atoms with Gasteiger partial charge in [0.05, 0.1) is 16.3 Å². The van der Waals surface area contributed by atoms with E-state index in [9.17, 15) is 18.0 Å². The van der Waals surface area contributed by atoms with Crippen molar-refractivity contribution in [2.45, 2.75) is 11.8 Å². The summed E-state index contributed by atoms with van der Waals surface area (Å²) in [5, 5.41) is 7.42. The van der Waals surface area contributed by atoms with Gasteiger partial charge in [-0.15, -0.1) is 0 Å². The van der Waals surface area contributed by atoms with E-state index in [0.717, 1.165) is 8.78 Å². The van der Waals surface area contributed by atoms with Crippen LogP contribution in [0.15, 0.2) is 118 Å². The smallest absolute Gasteiger partial charge is 0.264 e. The van der Waals surface area contributed by atoms with Crippen molar-refractivity contribution in [3.05, 3.63) is 124 Å². The van der Waals surface area contributed by atoms with Gasteiger partial charge in [0.25, 0.3) is 21.8 Å². The van der Waals surface area contributed by atoms with Crippen LogP contribution in [-0.2, 0) is 14.8 Å². The number of hydrogen-bond acceptors (Lipinski definition) is 5. The predicted molar refractivity (Wildman–Crippen MR) is 161 cm³/mol. The number of sulfonamides is 1. The van der Waals surface area contributed by atoms with Gasteiger partial charge in [-0.3, -0.25) is 13.9 Å².